The van der Waals surface area contributed by atoms with Crippen LogP contribution in [0.4, 0.5) is 5.69 Å². The minimum atomic E-state index is -0.0555. The second-order valence-electron chi connectivity index (χ2n) is 6.79. The Labute approximate surface area is 163 Å². The van der Waals surface area contributed by atoms with E-state index >= 15 is 0 Å². The van der Waals surface area contributed by atoms with Crippen molar-refractivity contribution in [2.75, 3.05) is 25.4 Å². The Morgan fingerprint density at radius 3 is 2.67 bits per heavy atom. The first-order valence-corrected chi connectivity index (χ1v) is 10.1. The van der Waals surface area contributed by atoms with E-state index in [0.29, 0.717) is 17.8 Å². The van der Waals surface area contributed by atoms with Gasteiger partial charge in [0.2, 0.25) is 0 Å². The van der Waals surface area contributed by atoms with Crippen LogP contribution < -0.4 is 11.1 Å². The molecule has 5 heteroatoms. The number of nitrogen functional groups attached to an aromatic ring is 1. The van der Waals surface area contributed by atoms with E-state index in [-0.39, 0.29) is 11.9 Å². The molecule has 1 atom stereocenters. The van der Waals surface area contributed by atoms with Crippen LogP contribution in [-0.2, 0) is 6.42 Å². The zero-order chi connectivity index (χ0) is 18.6. The Bertz CT molecular complexity index is 905. The summed E-state index contributed by atoms with van der Waals surface area (Å²) < 4.78 is 0. The van der Waals surface area contributed by atoms with Crippen molar-refractivity contribution in [3.8, 4) is 0 Å². The summed E-state index contributed by atoms with van der Waals surface area (Å²) in [6.07, 6.45) is 1.06. The predicted octanol–water partition coefficient (Wildman–Crippen LogP) is 3.71. The molecule has 4 rings (SSSR count). The summed E-state index contributed by atoms with van der Waals surface area (Å²) in [6, 6.07) is 20.2. The molecule has 0 spiro atoms. The summed E-state index contributed by atoms with van der Waals surface area (Å²) >= 11 is 1.83. The zero-order valence-corrected chi connectivity index (χ0v) is 15.9. The summed E-state index contributed by atoms with van der Waals surface area (Å²) in [7, 11) is 0. The highest BCUT2D eigenvalue weighted by atomic mass is 32.1. The number of nitrogens with two attached hydrogens (primary N) is 1. The Kier molecular flexibility index (Phi) is 5.23. The van der Waals surface area contributed by atoms with Crippen LogP contribution in [0.2, 0.25) is 0 Å². The number of nitrogens with one attached hydrogen (secondary N) is 1. The molecule has 2 heterocycles. The van der Waals surface area contributed by atoms with Gasteiger partial charge in [-0.1, -0.05) is 30.3 Å². The van der Waals surface area contributed by atoms with Crippen LogP contribution in [-0.4, -0.2) is 30.4 Å². The highest BCUT2D eigenvalue weighted by Crippen LogP contribution is 2.38. The normalized spacial score (nSPS) is 16.7. The lowest BCUT2D eigenvalue weighted by molar-refractivity contribution is 0.0945. The van der Waals surface area contributed by atoms with E-state index in [1.165, 1.54) is 16.0 Å². The number of rotatable bonds is 5. The lowest BCUT2D eigenvalue weighted by Gasteiger charge is -2.36. The SMILES string of the molecule is Nc1ccc(C(=O)NCCN2CCc3ccsc3C2c2ccccc2)cc1. The number of hydrogen-bond donors (Lipinski definition) is 2. The van der Waals surface area contributed by atoms with Gasteiger partial charge in [-0.15, -0.1) is 11.3 Å². The lowest BCUT2D eigenvalue weighted by Crippen LogP contribution is -2.40. The fourth-order valence-electron chi connectivity index (χ4n) is 3.64. The van der Waals surface area contributed by atoms with Crippen molar-refractivity contribution < 1.29 is 4.79 Å². The van der Waals surface area contributed by atoms with Gasteiger partial charge in [0.15, 0.2) is 0 Å². The highest BCUT2D eigenvalue weighted by molar-refractivity contribution is 7.10. The molecule has 0 saturated carbocycles. The van der Waals surface area contributed by atoms with Crippen molar-refractivity contribution in [1.29, 1.82) is 0 Å². The van der Waals surface area contributed by atoms with Crippen LogP contribution in [0.1, 0.15) is 32.4 Å². The van der Waals surface area contributed by atoms with E-state index in [4.69, 9.17) is 5.73 Å². The van der Waals surface area contributed by atoms with Crippen LogP contribution in [0.3, 0.4) is 0 Å². The maximum Gasteiger partial charge on any atom is 0.251 e. The van der Waals surface area contributed by atoms with Gasteiger partial charge < -0.3 is 11.1 Å². The first-order valence-electron chi connectivity index (χ1n) is 9.21. The van der Waals surface area contributed by atoms with Crippen molar-refractivity contribution in [3.05, 3.63) is 87.6 Å². The van der Waals surface area contributed by atoms with Gasteiger partial charge >= 0.3 is 0 Å². The van der Waals surface area contributed by atoms with Gasteiger partial charge in [-0.05, 0) is 53.3 Å². The molecule has 138 valence electrons. The third-order valence-electron chi connectivity index (χ3n) is 5.04. The van der Waals surface area contributed by atoms with E-state index in [1.807, 2.05) is 11.3 Å². The quantitative estimate of drug-likeness (QED) is 0.667. The first kappa shape index (κ1) is 17.8. The molecule has 3 N–H and O–H groups in total. The van der Waals surface area contributed by atoms with E-state index in [2.05, 4.69) is 52.0 Å². The number of anilines is 1. The summed E-state index contributed by atoms with van der Waals surface area (Å²) in [6.45, 7) is 2.44. The Morgan fingerprint density at radius 1 is 1.11 bits per heavy atom. The van der Waals surface area contributed by atoms with Gasteiger partial charge in [0.25, 0.3) is 5.91 Å². The van der Waals surface area contributed by atoms with Crippen molar-refractivity contribution in [1.82, 2.24) is 10.2 Å². The molecule has 4 nitrogen and oxygen atoms in total. The third-order valence-corrected chi connectivity index (χ3v) is 6.05. The second-order valence-corrected chi connectivity index (χ2v) is 7.73. The van der Waals surface area contributed by atoms with Crippen molar-refractivity contribution in [2.45, 2.75) is 12.5 Å². The number of hydrogen-bond acceptors (Lipinski definition) is 4. The largest absolute Gasteiger partial charge is 0.399 e. The fraction of sp³-hybridized carbons (Fsp3) is 0.227. The molecular weight excluding hydrogens is 354 g/mol. The summed E-state index contributed by atoms with van der Waals surface area (Å²) in [5.41, 5.74) is 9.76. The van der Waals surface area contributed by atoms with Crippen LogP contribution >= 0.6 is 11.3 Å². The molecular formula is C22H23N3OS. The van der Waals surface area contributed by atoms with Crippen molar-refractivity contribution >= 4 is 22.9 Å². The highest BCUT2D eigenvalue weighted by Gasteiger charge is 2.29. The van der Waals surface area contributed by atoms with E-state index in [0.717, 1.165) is 19.5 Å². The van der Waals surface area contributed by atoms with E-state index < -0.39 is 0 Å². The molecule has 1 amide bonds. The van der Waals surface area contributed by atoms with Gasteiger partial charge in [0, 0.05) is 35.8 Å². The minimum Gasteiger partial charge on any atom is -0.399 e. The monoisotopic (exact) mass is 377 g/mol. The van der Waals surface area contributed by atoms with E-state index in [9.17, 15) is 4.79 Å². The molecule has 1 aliphatic rings. The molecule has 1 aromatic heterocycles. The van der Waals surface area contributed by atoms with Gasteiger partial charge in [-0.25, -0.2) is 0 Å². The Balaban J connectivity index is 1.44. The number of carbonyl (C=O) groups excluding carboxylic acids is 1. The maximum absolute atomic E-state index is 12.3. The molecule has 3 aromatic rings. The number of nitrogens with zero attached hydrogens (tertiary/aromatic N) is 1. The average molecular weight is 378 g/mol. The van der Waals surface area contributed by atoms with Gasteiger partial charge in [-0.3, -0.25) is 9.69 Å². The second kappa shape index (κ2) is 7.94. The third kappa shape index (κ3) is 3.89. The Morgan fingerprint density at radius 2 is 1.89 bits per heavy atom. The van der Waals surface area contributed by atoms with Gasteiger partial charge in [-0.2, -0.15) is 0 Å². The maximum atomic E-state index is 12.3. The number of carbonyl (C=O) groups is 1. The standard InChI is InChI=1S/C22H23N3OS/c23-19-8-6-18(7-9-19)22(26)24-12-14-25-13-10-17-11-15-27-21(17)20(25)16-4-2-1-3-5-16/h1-9,11,15,20H,10,12-14,23H2,(H,24,26). The topological polar surface area (TPSA) is 58.4 Å². The number of fused-ring (bicyclic) bond motifs is 1. The van der Waals surface area contributed by atoms with Gasteiger partial charge in [0.05, 0.1) is 6.04 Å². The first-order chi connectivity index (χ1) is 13.2. The number of amides is 1. The molecule has 0 bridgehead atoms. The lowest BCUT2D eigenvalue weighted by atomic mass is 9.95. The molecule has 0 fully saturated rings. The minimum absolute atomic E-state index is 0.0555. The number of thiophene rings is 1. The van der Waals surface area contributed by atoms with Crippen LogP contribution in [0.25, 0.3) is 0 Å². The molecule has 27 heavy (non-hydrogen) atoms. The van der Waals surface area contributed by atoms with Crippen LogP contribution in [0.5, 0.6) is 0 Å². The molecule has 0 radical (unpaired) electrons. The number of benzene rings is 2. The van der Waals surface area contributed by atoms with Crippen LogP contribution in [0, 0.1) is 0 Å². The molecule has 2 aromatic carbocycles. The van der Waals surface area contributed by atoms with E-state index in [1.54, 1.807) is 24.3 Å². The molecule has 0 aliphatic carbocycles. The van der Waals surface area contributed by atoms with Crippen molar-refractivity contribution in [3.63, 3.8) is 0 Å². The van der Waals surface area contributed by atoms with Gasteiger partial charge in [0.1, 0.15) is 0 Å². The Hall–Kier alpha value is -2.63. The molecule has 1 unspecified atom stereocenters. The fourth-order valence-corrected chi connectivity index (χ4v) is 4.76. The van der Waals surface area contributed by atoms with Crippen molar-refractivity contribution in [2.24, 2.45) is 0 Å². The summed E-state index contributed by atoms with van der Waals surface area (Å²) in [4.78, 5) is 16.2. The smallest absolute Gasteiger partial charge is 0.251 e. The molecule has 1 aliphatic heterocycles. The predicted molar refractivity (Wildman–Crippen MR) is 111 cm³/mol. The summed E-state index contributed by atoms with van der Waals surface area (Å²) in [5.74, 6) is -0.0555. The molecule has 0 saturated heterocycles. The average Bonchev–Trinajstić information content (AvgIpc) is 3.17. The summed E-state index contributed by atoms with van der Waals surface area (Å²) in [5, 5.41) is 5.22. The zero-order valence-electron chi connectivity index (χ0n) is 15.1. The van der Waals surface area contributed by atoms with Crippen LogP contribution in [0.15, 0.2) is 66.0 Å².